The third kappa shape index (κ3) is 6.49. The highest BCUT2D eigenvalue weighted by Gasteiger charge is 2.22. The molecule has 1 atom stereocenters. The van der Waals surface area contributed by atoms with Gasteiger partial charge in [0, 0.05) is 16.9 Å². The smallest absolute Gasteiger partial charge is 0.328 e. The van der Waals surface area contributed by atoms with Crippen LogP contribution in [0.25, 0.3) is 11.3 Å². The molecule has 1 heterocycles. The first-order chi connectivity index (χ1) is 15.8. The fourth-order valence-electron chi connectivity index (χ4n) is 3.19. The monoisotopic (exact) mass is 464 g/mol. The van der Waals surface area contributed by atoms with Crippen LogP contribution >= 0.6 is 11.5 Å². The van der Waals surface area contributed by atoms with E-state index in [1.807, 2.05) is 82.3 Å². The van der Waals surface area contributed by atoms with E-state index in [0.29, 0.717) is 12.1 Å². The number of rotatable bonds is 8. The Morgan fingerprint density at radius 2 is 1.61 bits per heavy atom. The highest BCUT2D eigenvalue weighted by molar-refractivity contribution is 7.08. The first-order valence-electron chi connectivity index (χ1n) is 10.8. The van der Waals surface area contributed by atoms with Crippen molar-refractivity contribution < 1.29 is 14.7 Å². The van der Waals surface area contributed by atoms with Crippen LogP contribution in [0.15, 0.2) is 59.6 Å². The molecule has 0 fully saturated rings. The van der Waals surface area contributed by atoms with E-state index in [0.717, 1.165) is 33.1 Å². The van der Waals surface area contributed by atoms with Crippen LogP contribution in [-0.2, 0) is 4.79 Å². The molecule has 3 aromatic rings. The lowest BCUT2D eigenvalue weighted by Crippen LogP contribution is -2.25. The van der Waals surface area contributed by atoms with Crippen LogP contribution in [0.5, 0.6) is 0 Å². The molecule has 1 aromatic heterocycles. The Labute approximate surface area is 197 Å². The summed E-state index contributed by atoms with van der Waals surface area (Å²) in [4.78, 5) is 29.1. The topological polar surface area (TPSA) is 104 Å². The van der Waals surface area contributed by atoms with Crippen molar-refractivity contribution in [1.82, 2.24) is 4.37 Å². The Hall–Kier alpha value is -3.52. The van der Waals surface area contributed by atoms with Crippen LogP contribution < -0.4 is 10.6 Å². The number of aryl methyl sites for hydroxylation is 1. The van der Waals surface area contributed by atoms with Crippen molar-refractivity contribution in [2.45, 2.75) is 40.2 Å². The van der Waals surface area contributed by atoms with Crippen molar-refractivity contribution in [1.29, 1.82) is 0 Å². The van der Waals surface area contributed by atoms with Gasteiger partial charge in [-0.05, 0) is 61.1 Å². The zero-order chi connectivity index (χ0) is 24.0. The Kier molecular flexibility index (Phi) is 7.95. The van der Waals surface area contributed by atoms with Gasteiger partial charge in [-0.25, -0.2) is 9.59 Å². The number of urea groups is 1. The molecule has 0 saturated carbocycles. The lowest BCUT2D eigenvalue weighted by Gasteiger charge is -2.13. The van der Waals surface area contributed by atoms with E-state index in [1.165, 1.54) is 11.5 Å². The minimum Gasteiger partial charge on any atom is -0.480 e. The number of carboxylic acid groups (broad SMARTS) is 1. The molecule has 1 unspecified atom stereocenters. The molecule has 0 aliphatic carbocycles. The Morgan fingerprint density at radius 1 is 1.03 bits per heavy atom. The van der Waals surface area contributed by atoms with Crippen molar-refractivity contribution in [3.05, 3.63) is 65.0 Å². The Bertz CT molecular complexity index is 1140. The van der Waals surface area contributed by atoms with Crippen LogP contribution in [0, 0.1) is 12.8 Å². The largest absolute Gasteiger partial charge is 0.480 e. The zero-order valence-electron chi connectivity index (χ0n) is 19.1. The van der Waals surface area contributed by atoms with Gasteiger partial charge in [-0.2, -0.15) is 4.37 Å². The third-order valence-corrected chi connectivity index (χ3v) is 5.90. The number of carbonyl (C=O) groups is 2. The summed E-state index contributed by atoms with van der Waals surface area (Å²) in [6.07, 6.45) is 0.622. The third-order valence-electron chi connectivity index (χ3n) is 5.06. The molecule has 0 aliphatic heterocycles. The molecule has 2 aromatic carbocycles. The van der Waals surface area contributed by atoms with Gasteiger partial charge in [0.25, 0.3) is 0 Å². The van der Waals surface area contributed by atoms with E-state index in [-0.39, 0.29) is 11.9 Å². The maximum absolute atomic E-state index is 12.2. The number of hydrogen-bond donors (Lipinski definition) is 3. The van der Waals surface area contributed by atoms with Crippen molar-refractivity contribution >= 4 is 40.6 Å². The second-order valence-electron chi connectivity index (χ2n) is 8.06. The maximum Gasteiger partial charge on any atom is 0.328 e. The van der Waals surface area contributed by atoms with Gasteiger partial charge >= 0.3 is 12.0 Å². The molecule has 7 nitrogen and oxygen atoms in total. The second-order valence-corrected chi connectivity index (χ2v) is 8.86. The van der Waals surface area contributed by atoms with Crippen molar-refractivity contribution in [2.75, 3.05) is 10.6 Å². The first-order valence-corrected chi connectivity index (χ1v) is 11.6. The number of aliphatic carboxylic acids is 1. The number of aliphatic imine (C=N–C) groups is 1. The van der Waals surface area contributed by atoms with Gasteiger partial charge in [-0.1, -0.05) is 50.6 Å². The van der Waals surface area contributed by atoms with Crippen LogP contribution in [0.2, 0.25) is 0 Å². The van der Waals surface area contributed by atoms with E-state index in [4.69, 9.17) is 0 Å². The quantitative estimate of drug-likeness (QED) is 0.352. The molecular weight excluding hydrogens is 436 g/mol. The van der Waals surface area contributed by atoms with Gasteiger partial charge in [0.15, 0.2) is 0 Å². The molecule has 33 heavy (non-hydrogen) atoms. The molecule has 172 valence electrons. The first kappa shape index (κ1) is 24.1. The van der Waals surface area contributed by atoms with Crippen LogP contribution in [0.3, 0.4) is 0 Å². The number of hydrogen-bond acceptors (Lipinski definition) is 5. The lowest BCUT2D eigenvalue weighted by molar-refractivity contribution is -0.139. The molecule has 3 rings (SSSR count). The van der Waals surface area contributed by atoms with Gasteiger partial charge < -0.3 is 15.7 Å². The van der Waals surface area contributed by atoms with Gasteiger partial charge in [-0.3, -0.25) is 4.99 Å². The lowest BCUT2D eigenvalue weighted by atomic mass is 10.0. The molecule has 3 N–H and O–H groups in total. The highest BCUT2D eigenvalue weighted by Crippen LogP contribution is 2.25. The minimum atomic E-state index is -0.921. The van der Waals surface area contributed by atoms with E-state index >= 15 is 0 Å². The number of carboxylic acids is 1. The zero-order valence-corrected chi connectivity index (χ0v) is 19.9. The summed E-state index contributed by atoms with van der Waals surface area (Å²) in [6.45, 7) is 7.65. The highest BCUT2D eigenvalue weighted by atomic mass is 32.1. The molecule has 0 spiro atoms. The van der Waals surface area contributed by atoms with E-state index in [1.54, 1.807) is 0 Å². The average molecular weight is 465 g/mol. The molecular formula is C25H28N4O3S. The van der Waals surface area contributed by atoms with Crippen LogP contribution in [0.4, 0.5) is 16.2 Å². The standard InChI is InChI=1S/C25H28N4O3S/c1-5-20(28-23(15(2)3)24(30)31)22-14-21(29-33-22)17-8-12-19(13-9-17)27-25(32)26-18-10-6-16(4)7-11-18/h6-15,23H,5H2,1-4H3,(H,30,31)(H2,26,27,32). The summed E-state index contributed by atoms with van der Waals surface area (Å²) in [5, 5.41) is 15.1. The van der Waals surface area contributed by atoms with Crippen LogP contribution in [0.1, 0.15) is 37.6 Å². The van der Waals surface area contributed by atoms with E-state index in [2.05, 4.69) is 20.0 Å². The average Bonchev–Trinajstić information content (AvgIpc) is 3.26. The number of carbonyl (C=O) groups excluding carboxylic acids is 1. The summed E-state index contributed by atoms with van der Waals surface area (Å²) < 4.78 is 4.52. The summed E-state index contributed by atoms with van der Waals surface area (Å²) >= 11 is 1.31. The minimum absolute atomic E-state index is 0.0975. The van der Waals surface area contributed by atoms with Gasteiger partial charge in [0.2, 0.25) is 0 Å². The summed E-state index contributed by atoms with van der Waals surface area (Å²) in [5.41, 5.74) is 4.93. The Balaban J connectivity index is 1.69. The van der Waals surface area contributed by atoms with Gasteiger partial charge in [0.1, 0.15) is 6.04 Å². The number of aromatic nitrogens is 1. The SMILES string of the molecule is CCC(=NC(C(=O)O)C(C)C)c1cc(-c2ccc(NC(=O)Nc3ccc(C)cc3)cc2)ns1. The number of amides is 2. The fraction of sp³-hybridized carbons (Fsp3) is 0.280. The summed E-state index contributed by atoms with van der Waals surface area (Å²) in [5.74, 6) is -1.02. The van der Waals surface area contributed by atoms with E-state index < -0.39 is 12.0 Å². The number of nitrogens with zero attached hydrogens (tertiary/aromatic N) is 2. The summed E-state index contributed by atoms with van der Waals surface area (Å²) in [6, 6.07) is 15.8. The van der Waals surface area contributed by atoms with Crippen molar-refractivity contribution in [2.24, 2.45) is 10.9 Å². The number of anilines is 2. The molecule has 0 saturated heterocycles. The van der Waals surface area contributed by atoms with E-state index in [9.17, 15) is 14.7 Å². The normalized spacial score (nSPS) is 12.5. The van der Waals surface area contributed by atoms with Crippen LogP contribution in [-0.4, -0.2) is 33.2 Å². The predicted octanol–water partition coefficient (Wildman–Crippen LogP) is 6.07. The number of benzene rings is 2. The molecule has 0 aliphatic rings. The molecule has 8 heteroatoms. The van der Waals surface area contributed by atoms with Gasteiger partial charge in [-0.15, -0.1) is 0 Å². The predicted molar refractivity (Wildman–Crippen MR) is 134 cm³/mol. The Morgan fingerprint density at radius 3 is 2.12 bits per heavy atom. The summed E-state index contributed by atoms with van der Waals surface area (Å²) in [7, 11) is 0. The molecule has 0 bridgehead atoms. The van der Waals surface area contributed by atoms with Crippen molar-refractivity contribution in [3.8, 4) is 11.3 Å². The second kappa shape index (κ2) is 10.9. The maximum atomic E-state index is 12.2. The molecule has 0 radical (unpaired) electrons. The van der Waals surface area contributed by atoms with Gasteiger partial charge in [0.05, 0.1) is 16.3 Å². The fourth-order valence-corrected chi connectivity index (χ4v) is 4.01. The van der Waals surface area contributed by atoms with Crippen molar-refractivity contribution in [3.63, 3.8) is 0 Å². The molecule has 2 amide bonds. The number of nitrogens with one attached hydrogen (secondary N) is 2.